The van der Waals surface area contributed by atoms with E-state index >= 15 is 0 Å². The van der Waals surface area contributed by atoms with E-state index in [-0.39, 0.29) is 0 Å². The van der Waals surface area contributed by atoms with Crippen LogP contribution in [0.2, 0.25) is 0 Å². The molecule has 1 aromatic rings. The molecule has 0 aliphatic rings. The van der Waals surface area contributed by atoms with Gasteiger partial charge in [0.05, 0.1) is 0 Å². The van der Waals surface area contributed by atoms with Crippen molar-refractivity contribution in [2.45, 2.75) is 39.7 Å². The summed E-state index contributed by atoms with van der Waals surface area (Å²) < 4.78 is 0. The van der Waals surface area contributed by atoms with E-state index in [0.717, 1.165) is 18.7 Å². The number of nitrogens with zero attached hydrogens (tertiary/aromatic N) is 2. The number of anilines is 2. The van der Waals surface area contributed by atoms with Gasteiger partial charge in [0.1, 0.15) is 18.0 Å². The van der Waals surface area contributed by atoms with Crippen molar-refractivity contribution >= 4 is 11.6 Å². The molecule has 1 heterocycles. The molecule has 0 radical (unpaired) electrons. The highest BCUT2D eigenvalue weighted by Crippen LogP contribution is 2.17. The van der Waals surface area contributed by atoms with Gasteiger partial charge >= 0.3 is 0 Å². The van der Waals surface area contributed by atoms with Crippen molar-refractivity contribution in [3.8, 4) is 0 Å². The highest BCUT2D eigenvalue weighted by Gasteiger charge is 2.13. The van der Waals surface area contributed by atoms with Crippen molar-refractivity contribution in [2.24, 2.45) is 11.8 Å². The SMILES string of the molecule is CCC(CC)C(C)Nc1cc(NN)ncn1. The number of hydrogen-bond acceptors (Lipinski definition) is 5. The topological polar surface area (TPSA) is 75.9 Å². The molecule has 0 aliphatic heterocycles. The Morgan fingerprint density at radius 2 is 1.88 bits per heavy atom. The van der Waals surface area contributed by atoms with Crippen molar-refractivity contribution in [3.63, 3.8) is 0 Å². The molecule has 16 heavy (non-hydrogen) atoms. The Balaban J connectivity index is 2.64. The summed E-state index contributed by atoms with van der Waals surface area (Å²) in [6.07, 6.45) is 3.83. The van der Waals surface area contributed by atoms with E-state index in [1.54, 1.807) is 6.07 Å². The van der Waals surface area contributed by atoms with Gasteiger partial charge in [-0.2, -0.15) is 0 Å². The van der Waals surface area contributed by atoms with Crippen LogP contribution in [0.15, 0.2) is 12.4 Å². The molecule has 0 spiro atoms. The predicted octanol–water partition coefficient (Wildman–Crippen LogP) is 2.00. The van der Waals surface area contributed by atoms with Crippen LogP contribution < -0.4 is 16.6 Å². The summed E-state index contributed by atoms with van der Waals surface area (Å²) in [6.45, 7) is 6.59. The van der Waals surface area contributed by atoms with Gasteiger partial charge in [0.15, 0.2) is 0 Å². The third kappa shape index (κ3) is 3.34. The Morgan fingerprint density at radius 1 is 1.25 bits per heavy atom. The molecule has 0 bridgehead atoms. The predicted molar refractivity (Wildman–Crippen MR) is 67.0 cm³/mol. The second-order valence-electron chi connectivity index (χ2n) is 3.94. The molecule has 0 saturated heterocycles. The summed E-state index contributed by atoms with van der Waals surface area (Å²) in [4.78, 5) is 8.12. The second-order valence-corrected chi connectivity index (χ2v) is 3.94. The number of rotatable bonds is 6. The third-order valence-corrected chi connectivity index (χ3v) is 2.95. The Bertz CT molecular complexity index is 311. The minimum atomic E-state index is 0.399. The minimum Gasteiger partial charge on any atom is -0.367 e. The first-order chi connectivity index (χ1) is 7.71. The number of aromatic nitrogens is 2. The Morgan fingerprint density at radius 3 is 2.44 bits per heavy atom. The van der Waals surface area contributed by atoms with E-state index in [1.807, 2.05) is 0 Å². The molecule has 5 nitrogen and oxygen atoms in total. The maximum absolute atomic E-state index is 5.29. The Labute approximate surface area is 96.8 Å². The maximum Gasteiger partial charge on any atom is 0.145 e. The molecule has 1 rings (SSSR count). The van der Waals surface area contributed by atoms with E-state index in [9.17, 15) is 0 Å². The molecule has 0 fully saturated rings. The normalized spacial score (nSPS) is 12.6. The van der Waals surface area contributed by atoms with Gasteiger partial charge in [0.25, 0.3) is 0 Å². The van der Waals surface area contributed by atoms with Gasteiger partial charge in [0.2, 0.25) is 0 Å². The van der Waals surface area contributed by atoms with E-state index in [1.165, 1.54) is 6.33 Å². The molecule has 0 aliphatic carbocycles. The molecule has 5 heteroatoms. The molecule has 0 amide bonds. The van der Waals surface area contributed by atoms with Crippen molar-refractivity contribution in [1.29, 1.82) is 0 Å². The lowest BCUT2D eigenvalue weighted by atomic mass is 9.95. The van der Waals surface area contributed by atoms with Crippen LogP contribution >= 0.6 is 0 Å². The maximum atomic E-state index is 5.29. The van der Waals surface area contributed by atoms with Gasteiger partial charge in [-0.25, -0.2) is 15.8 Å². The van der Waals surface area contributed by atoms with Crippen LogP contribution in [0.3, 0.4) is 0 Å². The summed E-state index contributed by atoms with van der Waals surface area (Å²) in [7, 11) is 0. The summed E-state index contributed by atoms with van der Waals surface area (Å²) in [5, 5.41) is 3.37. The van der Waals surface area contributed by atoms with Crippen LogP contribution in [0.5, 0.6) is 0 Å². The lowest BCUT2D eigenvalue weighted by Crippen LogP contribution is -2.25. The van der Waals surface area contributed by atoms with Crippen LogP contribution in [0.1, 0.15) is 33.6 Å². The monoisotopic (exact) mass is 223 g/mol. The fourth-order valence-electron chi connectivity index (χ4n) is 1.86. The van der Waals surface area contributed by atoms with Crippen LogP contribution in [0.25, 0.3) is 0 Å². The first kappa shape index (κ1) is 12.7. The summed E-state index contributed by atoms with van der Waals surface area (Å²) >= 11 is 0. The van der Waals surface area contributed by atoms with E-state index in [4.69, 9.17) is 5.84 Å². The zero-order valence-corrected chi connectivity index (χ0v) is 10.2. The van der Waals surface area contributed by atoms with Crippen LogP contribution in [-0.4, -0.2) is 16.0 Å². The van der Waals surface area contributed by atoms with Gasteiger partial charge in [-0.3, -0.25) is 0 Å². The summed E-state index contributed by atoms with van der Waals surface area (Å²) in [5.41, 5.74) is 2.51. The summed E-state index contributed by atoms with van der Waals surface area (Å²) in [5.74, 6) is 7.38. The van der Waals surface area contributed by atoms with Crippen LogP contribution in [0, 0.1) is 5.92 Å². The number of nitrogen functional groups attached to an aromatic ring is 1. The standard InChI is InChI=1S/C11H21N5/c1-4-9(5-2)8(3)15-10-6-11(16-12)14-7-13-10/h6-9H,4-5,12H2,1-3H3,(H2,13,14,15,16). The van der Waals surface area contributed by atoms with Crippen molar-refractivity contribution in [1.82, 2.24) is 9.97 Å². The molecule has 1 atom stereocenters. The van der Waals surface area contributed by atoms with E-state index < -0.39 is 0 Å². The lowest BCUT2D eigenvalue weighted by molar-refractivity contribution is 0.437. The fraction of sp³-hybridized carbons (Fsp3) is 0.636. The summed E-state index contributed by atoms with van der Waals surface area (Å²) in [6, 6.07) is 2.20. The van der Waals surface area contributed by atoms with Crippen LogP contribution in [0.4, 0.5) is 11.6 Å². The van der Waals surface area contributed by atoms with Gasteiger partial charge in [0, 0.05) is 12.1 Å². The minimum absolute atomic E-state index is 0.399. The fourth-order valence-corrected chi connectivity index (χ4v) is 1.86. The van der Waals surface area contributed by atoms with Gasteiger partial charge in [-0.15, -0.1) is 0 Å². The highest BCUT2D eigenvalue weighted by molar-refractivity contribution is 5.46. The largest absolute Gasteiger partial charge is 0.367 e. The zero-order chi connectivity index (χ0) is 12.0. The third-order valence-electron chi connectivity index (χ3n) is 2.95. The van der Waals surface area contributed by atoms with Gasteiger partial charge < -0.3 is 10.7 Å². The average molecular weight is 223 g/mol. The number of hydrazine groups is 1. The Hall–Kier alpha value is -1.36. The molecule has 4 N–H and O–H groups in total. The second kappa shape index (κ2) is 6.27. The highest BCUT2D eigenvalue weighted by atomic mass is 15.3. The Kier molecular flexibility index (Phi) is 4.98. The van der Waals surface area contributed by atoms with Gasteiger partial charge in [-0.1, -0.05) is 26.7 Å². The average Bonchev–Trinajstić information content (AvgIpc) is 2.31. The van der Waals surface area contributed by atoms with Crippen molar-refractivity contribution in [3.05, 3.63) is 12.4 Å². The number of nitrogens with two attached hydrogens (primary N) is 1. The lowest BCUT2D eigenvalue weighted by Gasteiger charge is -2.22. The first-order valence-electron chi connectivity index (χ1n) is 5.76. The van der Waals surface area contributed by atoms with Crippen molar-refractivity contribution < 1.29 is 0 Å². The first-order valence-corrected chi connectivity index (χ1v) is 5.76. The molecule has 0 saturated carbocycles. The molecule has 0 aromatic carbocycles. The molecule has 90 valence electrons. The number of nitrogens with one attached hydrogen (secondary N) is 2. The molecule has 1 aromatic heterocycles. The smallest absolute Gasteiger partial charge is 0.145 e. The van der Waals surface area contributed by atoms with E-state index in [0.29, 0.717) is 17.8 Å². The molecular weight excluding hydrogens is 202 g/mol. The zero-order valence-electron chi connectivity index (χ0n) is 10.2. The number of hydrogen-bond donors (Lipinski definition) is 3. The van der Waals surface area contributed by atoms with Gasteiger partial charge in [-0.05, 0) is 12.8 Å². The van der Waals surface area contributed by atoms with E-state index in [2.05, 4.69) is 41.5 Å². The van der Waals surface area contributed by atoms with Crippen molar-refractivity contribution in [2.75, 3.05) is 10.7 Å². The van der Waals surface area contributed by atoms with Crippen LogP contribution in [-0.2, 0) is 0 Å². The quantitative estimate of drug-likeness (QED) is 0.508. The molecule has 1 unspecified atom stereocenters. The molecular formula is C11H21N5.